The largest absolute Gasteiger partial charge is 0.384 e. The number of anilines is 1. The highest BCUT2D eigenvalue weighted by Gasteiger charge is 2.05. The minimum Gasteiger partial charge on any atom is -0.384 e. The Morgan fingerprint density at radius 1 is 1.27 bits per heavy atom. The first-order valence-electron chi connectivity index (χ1n) is 5.14. The van der Waals surface area contributed by atoms with Crippen LogP contribution in [0, 0.1) is 0 Å². The van der Waals surface area contributed by atoms with Crippen molar-refractivity contribution in [1.29, 1.82) is 0 Å². The van der Waals surface area contributed by atoms with E-state index in [1.807, 2.05) is 22.8 Å². The first kappa shape index (κ1) is 9.77. The maximum absolute atomic E-state index is 5.96. The molecule has 1 heterocycles. The van der Waals surface area contributed by atoms with E-state index in [0.717, 1.165) is 24.5 Å². The zero-order valence-electron chi connectivity index (χ0n) is 8.85. The Morgan fingerprint density at radius 3 is 2.60 bits per heavy atom. The van der Waals surface area contributed by atoms with E-state index in [1.165, 1.54) is 5.56 Å². The first-order valence-corrected chi connectivity index (χ1v) is 5.14. The molecule has 0 spiro atoms. The van der Waals surface area contributed by atoms with E-state index < -0.39 is 0 Å². The van der Waals surface area contributed by atoms with Crippen molar-refractivity contribution in [2.45, 2.75) is 19.9 Å². The summed E-state index contributed by atoms with van der Waals surface area (Å²) >= 11 is 0. The minimum absolute atomic E-state index is 0.779. The molecule has 2 rings (SSSR count). The molecule has 0 bridgehead atoms. The highest BCUT2D eigenvalue weighted by molar-refractivity contribution is 5.36. The van der Waals surface area contributed by atoms with Gasteiger partial charge in [0.2, 0.25) is 0 Å². The predicted octanol–water partition coefficient (Wildman–Crippen LogP) is 2.08. The smallest absolute Gasteiger partial charge is 0.126 e. The van der Waals surface area contributed by atoms with Gasteiger partial charge in [-0.1, -0.05) is 37.3 Å². The topological polar surface area (TPSA) is 43.8 Å². The third-order valence-corrected chi connectivity index (χ3v) is 2.49. The minimum atomic E-state index is 0.779. The second-order valence-electron chi connectivity index (χ2n) is 3.54. The van der Waals surface area contributed by atoms with Crippen LogP contribution in [0.2, 0.25) is 0 Å². The maximum atomic E-state index is 5.96. The molecule has 1 aromatic carbocycles. The van der Waals surface area contributed by atoms with Gasteiger partial charge in [0.05, 0.1) is 18.6 Å². The van der Waals surface area contributed by atoms with Crippen LogP contribution < -0.4 is 5.73 Å². The molecule has 2 N–H and O–H groups in total. The van der Waals surface area contributed by atoms with Crippen LogP contribution in [0.25, 0.3) is 0 Å². The van der Waals surface area contributed by atoms with Gasteiger partial charge in [-0.2, -0.15) is 0 Å². The van der Waals surface area contributed by atoms with Crippen molar-refractivity contribution in [3.63, 3.8) is 0 Å². The number of imidazole rings is 1. The van der Waals surface area contributed by atoms with E-state index in [1.54, 1.807) is 6.33 Å². The average molecular weight is 201 g/mol. The predicted molar refractivity (Wildman–Crippen MR) is 61.6 cm³/mol. The molecule has 0 unspecified atom stereocenters. The first-order chi connectivity index (χ1) is 7.31. The molecule has 1 aromatic heterocycles. The van der Waals surface area contributed by atoms with Crippen molar-refractivity contribution >= 4 is 5.82 Å². The number of aryl methyl sites for hydroxylation is 1. The fraction of sp³-hybridized carbons (Fsp3) is 0.250. The highest BCUT2D eigenvalue weighted by Crippen LogP contribution is 2.12. The lowest BCUT2D eigenvalue weighted by Gasteiger charge is -2.05. The molecule has 2 aromatic rings. The zero-order chi connectivity index (χ0) is 10.7. The summed E-state index contributed by atoms with van der Waals surface area (Å²) in [5.74, 6) is 0.779. The molecule has 0 saturated carbocycles. The Kier molecular flexibility index (Phi) is 2.72. The summed E-state index contributed by atoms with van der Waals surface area (Å²) in [6.07, 6.45) is 2.69. The molecule has 78 valence electrons. The van der Waals surface area contributed by atoms with Crippen LogP contribution in [0.1, 0.15) is 18.2 Å². The monoisotopic (exact) mass is 201 g/mol. The SMILES string of the molecule is CCc1ncn(Cc2ccccc2)c1N. The van der Waals surface area contributed by atoms with Crippen molar-refractivity contribution < 1.29 is 0 Å². The third kappa shape index (κ3) is 2.01. The van der Waals surface area contributed by atoms with Gasteiger partial charge in [0.15, 0.2) is 0 Å². The molecule has 0 saturated heterocycles. The summed E-state index contributed by atoms with van der Waals surface area (Å²) in [4.78, 5) is 4.27. The summed E-state index contributed by atoms with van der Waals surface area (Å²) in [6.45, 7) is 2.85. The number of rotatable bonds is 3. The van der Waals surface area contributed by atoms with Crippen LogP contribution in [0.3, 0.4) is 0 Å². The number of hydrogen-bond donors (Lipinski definition) is 1. The Morgan fingerprint density at radius 2 is 2.00 bits per heavy atom. The van der Waals surface area contributed by atoms with Gasteiger partial charge in [0.25, 0.3) is 0 Å². The zero-order valence-corrected chi connectivity index (χ0v) is 8.85. The van der Waals surface area contributed by atoms with E-state index in [0.29, 0.717) is 0 Å². The van der Waals surface area contributed by atoms with Crippen molar-refractivity contribution in [3.8, 4) is 0 Å². The number of nitrogen functional groups attached to an aromatic ring is 1. The molecule has 3 nitrogen and oxygen atoms in total. The molecule has 0 amide bonds. The van der Waals surface area contributed by atoms with Crippen LogP contribution in [0.4, 0.5) is 5.82 Å². The lowest BCUT2D eigenvalue weighted by molar-refractivity contribution is 0.807. The van der Waals surface area contributed by atoms with Gasteiger partial charge in [-0.05, 0) is 12.0 Å². The maximum Gasteiger partial charge on any atom is 0.126 e. The molecule has 0 aliphatic rings. The number of nitrogens with zero attached hydrogens (tertiary/aromatic N) is 2. The fourth-order valence-corrected chi connectivity index (χ4v) is 1.61. The summed E-state index contributed by atoms with van der Waals surface area (Å²) in [5, 5.41) is 0. The van der Waals surface area contributed by atoms with Crippen molar-refractivity contribution in [2.24, 2.45) is 0 Å². The average Bonchev–Trinajstić information content (AvgIpc) is 2.62. The molecule has 0 radical (unpaired) electrons. The molecule has 0 aliphatic carbocycles. The standard InChI is InChI=1S/C12H15N3/c1-2-11-12(13)15(9-14-11)8-10-6-4-3-5-7-10/h3-7,9H,2,8,13H2,1H3. The summed E-state index contributed by atoms with van der Waals surface area (Å²) in [7, 11) is 0. The molecular formula is C12H15N3. The van der Waals surface area contributed by atoms with Gasteiger partial charge in [-0.3, -0.25) is 0 Å². The van der Waals surface area contributed by atoms with Crippen LogP contribution in [-0.2, 0) is 13.0 Å². The molecule has 0 fully saturated rings. The van der Waals surface area contributed by atoms with E-state index in [4.69, 9.17) is 5.73 Å². The Balaban J connectivity index is 2.21. The quantitative estimate of drug-likeness (QED) is 0.826. The third-order valence-electron chi connectivity index (χ3n) is 2.49. The summed E-state index contributed by atoms with van der Waals surface area (Å²) < 4.78 is 1.98. The molecule has 0 aliphatic heterocycles. The highest BCUT2D eigenvalue weighted by atomic mass is 15.1. The Labute approximate surface area is 89.6 Å². The number of hydrogen-bond acceptors (Lipinski definition) is 2. The fourth-order valence-electron chi connectivity index (χ4n) is 1.61. The van der Waals surface area contributed by atoms with E-state index in [-0.39, 0.29) is 0 Å². The number of aromatic nitrogens is 2. The van der Waals surface area contributed by atoms with Gasteiger partial charge in [-0.15, -0.1) is 0 Å². The van der Waals surface area contributed by atoms with Crippen molar-refractivity contribution in [1.82, 2.24) is 9.55 Å². The van der Waals surface area contributed by atoms with Gasteiger partial charge in [-0.25, -0.2) is 4.98 Å². The van der Waals surface area contributed by atoms with E-state index in [9.17, 15) is 0 Å². The van der Waals surface area contributed by atoms with E-state index in [2.05, 4.69) is 24.0 Å². The van der Waals surface area contributed by atoms with Gasteiger partial charge in [0, 0.05) is 0 Å². The lowest BCUT2D eigenvalue weighted by atomic mass is 10.2. The Bertz CT molecular complexity index is 431. The van der Waals surface area contributed by atoms with Gasteiger partial charge in [0.1, 0.15) is 5.82 Å². The second-order valence-corrected chi connectivity index (χ2v) is 3.54. The van der Waals surface area contributed by atoms with Crippen LogP contribution in [-0.4, -0.2) is 9.55 Å². The van der Waals surface area contributed by atoms with Crippen molar-refractivity contribution in [3.05, 3.63) is 47.9 Å². The van der Waals surface area contributed by atoms with Crippen LogP contribution in [0.15, 0.2) is 36.7 Å². The molecule has 0 atom stereocenters. The van der Waals surface area contributed by atoms with Gasteiger partial charge < -0.3 is 10.3 Å². The number of nitrogens with two attached hydrogens (primary N) is 1. The second kappa shape index (κ2) is 4.17. The molecular weight excluding hydrogens is 186 g/mol. The normalized spacial score (nSPS) is 10.5. The summed E-state index contributed by atoms with van der Waals surface area (Å²) in [6, 6.07) is 10.3. The van der Waals surface area contributed by atoms with Crippen LogP contribution in [0.5, 0.6) is 0 Å². The van der Waals surface area contributed by atoms with Gasteiger partial charge >= 0.3 is 0 Å². The number of benzene rings is 1. The molecule has 3 heteroatoms. The lowest BCUT2D eigenvalue weighted by Crippen LogP contribution is -2.03. The van der Waals surface area contributed by atoms with Crippen molar-refractivity contribution in [2.75, 3.05) is 5.73 Å². The summed E-state index contributed by atoms with van der Waals surface area (Å²) in [5.41, 5.74) is 8.18. The van der Waals surface area contributed by atoms with Crippen LogP contribution >= 0.6 is 0 Å². The Hall–Kier alpha value is -1.77. The molecule has 15 heavy (non-hydrogen) atoms. The van der Waals surface area contributed by atoms with E-state index >= 15 is 0 Å².